The normalized spacial score (nSPS) is 36.6. The Morgan fingerprint density at radius 2 is 1.72 bits per heavy atom. The molecular weight excluding hydrogens is 692 g/mol. The van der Waals surface area contributed by atoms with E-state index in [1.807, 2.05) is 26.0 Å². The lowest BCUT2D eigenvalue weighted by Crippen LogP contribution is -2.64. The van der Waals surface area contributed by atoms with Crippen molar-refractivity contribution in [1.82, 2.24) is 9.88 Å². The zero-order valence-electron chi connectivity index (χ0n) is 32.9. The van der Waals surface area contributed by atoms with E-state index in [1.54, 1.807) is 51.4 Å². The van der Waals surface area contributed by atoms with Crippen LogP contribution in [0.1, 0.15) is 91.5 Å². The average Bonchev–Trinajstić information content (AvgIpc) is 3.15. The molecule has 0 spiro atoms. The zero-order chi connectivity index (χ0) is 39.7. The van der Waals surface area contributed by atoms with Crippen molar-refractivity contribution in [3.8, 4) is 0 Å². The van der Waals surface area contributed by atoms with Gasteiger partial charge in [0.25, 0.3) is 11.7 Å². The number of allylic oxidation sites excluding steroid dienone is 3. The first kappa shape index (κ1) is 43.2. The predicted molar refractivity (Wildman–Crippen MR) is 203 cm³/mol. The molecule has 0 radical (unpaired) electrons. The Bertz CT molecular complexity index is 1540. The van der Waals surface area contributed by atoms with Crippen molar-refractivity contribution in [1.29, 1.82) is 0 Å². The summed E-state index contributed by atoms with van der Waals surface area (Å²) in [6.45, 7) is 13.1. The lowest BCUT2D eigenvalue weighted by atomic mass is 9.82. The third-order valence-electron chi connectivity index (χ3n) is 11.4. The molecule has 11 atom stereocenters. The molecule has 0 aliphatic carbocycles. The van der Waals surface area contributed by atoms with Crippen LogP contribution in [0.25, 0.3) is 6.08 Å². The number of rotatable bonds is 6. The number of aliphatic hydroxyl groups excluding tert-OH is 1. The van der Waals surface area contributed by atoms with Gasteiger partial charge in [-0.3, -0.25) is 19.4 Å². The van der Waals surface area contributed by atoms with Crippen molar-refractivity contribution in [3.63, 3.8) is 0 Å². The number of hydrogen-bond donors (Lipinski definition) is 2. The fraction of sp³-hybridized carbons (Fsp3) is 0.643. The second kappa shape index (κ2) is 19.4. The molecule has 1 amide bonds. The van der Waals surface area contributed by atoms with Crippen molar-refractivity contribution in [2.75, 3.05) is 20.8 Å². The van der Waals surface area contributed by atoms with Crippen LogP contribution in [-0.4, -0.2) is 107 Å². The molecule has 12 nitrogen and oxygen atoms in total. The highest BCUT2D eigenvalue weighted by Gasteiger charge is 2.56. The molecule has 3 aliphatic heterocycles. The molecular formula is C42H60N2O10. The predicted octanol–water partition coefficient (Wildman–Crippen LogP) is 5.02. The molecule has 0 saturated carbocycles. The maximum absolute atomic E-state index is 14.2. The number of aromatic nitrogens is 1. The fourth-order valence-corrected chi connectivity index (χ4v) is 8.21. The van der Waals surface area contributed by atoms with Crippen molar-refractivity contribution >= 4 is 29.5 Å². The van der Waals surface area contributed by atoms with E-state index < -0.39 is 77.8 Å². The van der Waals surface area contributed by atoms with Gasteiger partial charge in [0.1, 0.15) is 24.0 Å². The van der Waals surface area contributed by atoms with Gasteiger partial charge in [-0.05, 0) is 88.0 Å². The Labute approximate surface area is 320 Å². The van der Waals surface area contributed by atoms with Crippen molar-refractivity contribution in [2.24, 2.45) is 23.7 Å². The second-order valence-corrected chi connectivity index (χ2v) is 15.6. The number of aliphatic hydroxyl groups is 2. The third-order valence-corrected chi connectivity index (χ3v) is 11.4. The first-order chi connectivity index (χ1) is 25.6. The number of ketones is 2. The number of fused-ring (bicyclic) bond motifs is 3. The lowest BCUT2D eigenvalue weighted by Gasteiger charge is -2.47. The lowest BCUT2D eigenvalue weighted by molar-refractivity contribution is -0.302. The number of Topliss-reactive ketones (excluding diaryl/α,β-unsaturated/α-hetero) is 2. The van der Waals surface area contributed by atoms with Gasteiger partial charge in [-0.15, -0.1) is 6.58 Å². The number of piperidine rings is 1. The molecule has 2 fully saturated rings. The molecule has 1 aromatic rings. The number of cyclic esters (lactones) is 1. The summed E-state index contributed by atoms with van der Waals surface area (Å²) >= 11 is 0. The molecule has 4 rings (SSSR count). The van der Waals surface area contributed by atoms with E-state index in [9.17, 15) is 29.4 Å². The Morgan fingerprint density at radius 1 is 1.06 bits per heavy atom. The summed E-state index contributed by atoms with van der Waals surface area (Å²) in [6.07, 6.45) is 7.32. The molecule has 3 aliphatic rings. The van der Waals surface area contributed by atoms with E-state index in [4.69, 9.17) is 18.9 Å². The van der Waals surface area contributed by atoms with E-state index in [-0.39, 0.29) is 37.5 Å². The van der Waals surface area contributed by atoms with E-state index in [2.05, 4.69) is 11.6 Å². The molecule has 2 bridgehead atoms. The first-order valence-corrected chi connectivity index (χ1v) is 19.2. The monoisotopic (exact) mass is 752 g/mol. The smallest absolute Gasteiger partial charge is 0.329 e. The van der Waals surface area contributed by atoms with Gasteiger partial charge >= 0.3 is 5.97 Å². The van der Waals surface area contributed by atoms with Gasteiger partial charge in [-0.25, -0.2) is 4.79 Å². The standard InChI is InChI=1S/C42H60N2O10/c1-9-12-31-20-25(2)19-26(3)21-35(51-7)38-36(52-8)23-28(5)42(50,54-38)39(47)40(48)44-18-11-10-13-32(44)41(49)53-37(29(6)33(45)24-34(31)46)27(4)22-30-14-16-43-17-15-30/h9,14-17,20,22,26,28-29,31-33,35-38,45,50H,1,10-13,18-19,21,23-24H2,2-8H3/b25-20+,27-22+/t26-,28+,29+,31+,32-,33-,35-,36-,37+,38+,42+/m0/s1. The summed E-state index contributed by atoms with van der Waals surface area (Å²) in [5.41, 5.74) is 2.36. The Balaban J connectivity index is 1.79. The topological polar surface area (TPSA) is 162 Å². The molecule has 0 aromatic carbocycles. The fourth-order valence-electron chi connectivity index (χ4n) is 8.21. The van der Waals surface area contributed by atoms with Crippen LogP contribution in [0.3, 0.4) is 0 Å². The molecule has 1 aromatic heterocycles. The number of carbonyl (C=O) groups is 4. The van der Waals surface area contributed by atoms with Gasteiger partial charge in [-0.1, -0.05) is 44.6 Å². The van der Waals surface area contributed by atoms with Crippen LogP contribution in [0.15, 0.2) is 54.4 Å². The summed E-state index contributed by atoms with van der Waals surface area (Å²) in [4.78, 5) is 61.5. The number of methoxy groups -OCH3 is 2. The van der Waals surface area contributed by atoms with E-state index in [0.29, 0.717) is 37.7 Å². The molecule has 54 heavy (non-hydrogen) atoms. The van der Waals surface area contributed by atoms with Crippen LogP contribution in [0.4, 0.5) is 0 Å². The highest BCUT2D eigenvalue weighted by molar-refractivity contribution is 6.39. The SMILES string of the molecule is C=CC[C@@H]1/C=C(\C)C[C@H](C)C[C@H](OC)[C@H]2O[C@@](O)(C(=O)C(=O)N3CCCC[C@H]3C(=O)O[C@H](/C(C)=C/c3ccncc3)[C@H](C)[C@@H](O)CC1=O)[C@H](C)C[C@@H]2OC. The largest absolute Gasteiger partial charge is 0.456 e. The van der Waals surface area contributed by atoms with Crippen LogP contribution in [0, 0.1) is 23.7 Å². The van der Waals surface area contributed by atoms with Crippen LogP contribution >= 0.6 is 0 Å². The van der Waals surface area contributed by atoms with Crippen LogP contribution < -0.4 is 0 Å². The Morgan fingerprint density at radius 3 is 2.37 bits per heavy atom. The minimum atomic E-state index is -2.50. The molecule has 0 unspecified atom stereocenters. The van der Waals surface area contributed by atoms with Crippen LogP contribution in [0.2, 0.25) is 0 Å². The number of pyridine rings is 1. The first-order valence-electron chi connectivity index (χ1n) is 19.2. The number of nitrogens with zero attached hydrogens (tertiary/aromatic N) is 2. The van der Waals surface area contributed by atoms with Crippen LogP contribution in [0.5, 0.6) is 0 Å². The Kier molecular flexibility index (Phi) is 15.5. The average molecular weight is 753 g/mol. The summed E-state index contributed by atoms with van der Waals surface area (Å²) in [7, 11) is 3.05. The van der Waals surface area contributed by atoms with Crippen molar-refractivity contribution in [2.45, 2.75) is 128 Å². The number of hydrogen-bond acceptors (Lipinski definition) is 11. The van der Waals surface area contributed by atoms with E-state index in [0.717, 1.165) is 11.1 Å². The number of esters is 1. The van der Waals surface area contributed by atoms with E-state index >= 15 is 0 Å². The van der Waals surface area contributed by atoms with E-state index in [1.165, 1.54) is 19.1 Å². The van der Waals surface area contributed by atoms with Gasteiger partial charge in [-0.2, -0.15) is 0 Å². The minimum absolute atomic E-state index is 0.0180. The third kappa shape index (κ3) is 10.2. The van der Waals surface area contributed by atoms with Crippen molar-refractivity contribution < 1.29 is 48.3 Å². The molecule has 298 valence electrons. The molecule has 4 heterocycles. The second-order valence-electron chi connectivity index (χ2n) is 15.6. The number of ether oxygens (including phenoxy) is 4. The molecule has 2 N–H and O–H groups in total. The highest BCUT2D eigenvalue weighted by atomic mass is 16.7. The number of carbonyl (C=O) groups excluding carboxylic acids is 4. The summed E-state index contributed by atoms with van der Waals surface area (Å²) in [6, 6.07) is 2.45. The van der Waals surface area contributed by atoms with Gasteiger partial charge in [0.15, 0.2) is 0 Å². The van der Waals surface area contributed by atoms with Gasteiger partial charge in [0.2, 0.25) is 5.79 Å². The summed E-state index contributed by atoms with van der Waals surface area (Å²) in [5, 5.41) is 23.6. The van der Waals surface area contributed by atoms with Gasteiger partial charge in [0, 0.05) is 57.3 Å². The number of amides is 1. The maximum Gasteiger partial charge on any atom is 0.329 e. The highest BCUT2D eigenvalue weighted by Crippen LogP contribution is 2.39. The summed E-state index contributed by atoms with van der Waals surface area (Å²) in [5.74, 6) is -7.69. The van der Waals surface area contributed by atoms with Gasteiger partial charge in [0.05, 0.1) is 18.3 Å². The Hall–Kier alpha value is -3.55. The minimum Gasteiger partial charge on any atom is -0.456 e. The summed E-state index contributed by atoms with van der Waals surface area (Å²) < 4.78 is 24.1. The molecule has 2 saturated heterocycles. The quantitative estimate of drug-likeness (QED) is 0.228. The van der Waals surface area contributed by atoms with Crippen LogP contribution in [-0.2, 0) is 38.1 Å². The maximum atomic E-state index is 14.2. The molecule has 12 heteroatoms. The van der Waals surface area contributed by atoms with Crippen molar-refractivity contribution in [3.05, 3.63) is 60.0 Å². The zero-order valence-corrected chi connectivity index (χ0v) is 32.9. The van der Waals surface area contributed by atoms with Gasteiger partial charge < -0.3 is 34.1 Å².